The van der Waals surface area contributed by atoms with Crippen LogP contribution in [0.4, 0.5) is 9.18 Å². The zero-order valence-corrected chi connectivity index (χ0v) is 16.7. The van der Waals surface area contributed by atoms with Crippen molar-refractivity contribution in [3.63, 3.8) is 0 Å². The summed E-state index contributed by atoms with van der Waals surface area (Å²) in [6.07, 6.45) is -0.503. The van der Waals surface area contributed by atoms with Crippen molar-refractivity contribution in [3.05, 3.63) is 35.1 Å². The molecule has 0 aliphatic rings. The SMILES string of the molecule is CN=C(NCc1ccc(C#N)cc1F)NCC(C)(C)NC(=O)OC(C)(C)C. The molecule has 0 heterocycles. The number of nitrogens with one attached hydrogen (secondary N) is 3. The first-order chi connectivity index (χ1) is 12.5. The summed E-state index contributed by atoms with van der Waals surface area (Å²) >= 11 is 0. The average Bonchev–Trinajstić information content (AvgIpc) is 2.53. The molecular weight excluding hydrogens is 349 g/mol. The fraction of sp³-hybridized carbons (Fsp3) is 0.526. The summed E-state index contributed by atoms with van der Waals surface area (Å²) in [6.45, 7) is 9.66. The van der Waals surface area contributed by atoms with E-state index in [2.05, 4.69) is 20.9 Å². The van der Waals surface area contributed by atoms with Gasteiger partial charge in [-0.25, -0.2) is 9.18 Å². The molecule has 1 rings (SSSR count). The van der Waals surface area contributed by atoms with Crippen LogP contribution in [0.1, 0.15) is 45.7 Å². The summed E-state index contributed by atoms with van der Waals surface area (Å²) in [5, 5.41) is 17.7. The molecule has 8 heteroatoms. The molecule has 0 saturated carbocycles. The van der Waals surface area contributed by atoms with Gasteiger partial charge in [-0.1, -0.05) is 6.07 Å². The second kappa shape index (κ2) is 9.21. The minimum absolute atomic E-state index is 0.205. The monoisotopic (exact) mass is 377 g/mol. The van der Waals surface area contributed by atoms with E-state index in [1.165, 1.54) is 6.07 Å². The molecular formula is C19H28FN5O2. The number of nitrogens with zero attached hydrogens (tertiary/aromatic N) is 2. The van der Waals surface area contributed by atoms with Gasteiger partial charge in [0.1, 0.15) is 11.4 Å². The molecule has 0 saturated heterocycles. The van der Waals surface area contributed by atoms with Gasteiger partial charge in [0.05, 0.1) is 17.2 Å². The maximum absolute atomic E-state index is 13.9. The van der Waals surface area contributed by atoms with Crippen LogP contribution in [0.25, 0.3) is 0 Å². The zero-order valence-electron chi connectivity index (χ0n) is 16.7. The van der Waals surface area contributed by atoms with Crippen LogP contribution in [-0.4, -0.2) is 36.8 Å². The summed E-state index contributed by atoms with van der Waals surface area (Å²) < 4.78 is 19.2. The molecule has 0 radical (unpaired) electrons. The molecule has 0 spiro atoms. The molecule has 0 bridgehead atoms. The molecule has 1 amide bonds. The molecule has 148 valence electrons. The van der Waals surface area contributed by atoms with Crippen molar-refractivity contribution in [1.29, 1.82) is 5.26 Å². The first-order valence-corrected chi connectivity index (χ1v) is 8.60. The van der Waals surface area contributed by atoms with E-state index in [1.807, 2.05) is 19.9 Å². The Morgan fingerprint density at radius 1 is 1.26 bits per heavy atom. The van der Waals surface area contributed by atoms with Crippen molar-refractivity contribution in [2.45, 2.75) is 52.3 Å². The number of guanidine groups is 1. The van der Waals surface area contributed by atoms with Crippen LogP contribution >= 0.6 is 0 Å². The normalized spacial score (nSPS) is 12.1. The van der Waals surface area contributed by atoms with E-state index in [0.29, 0.717) is 18.1 Å². The van der Waals surface area contributed by atoms with Crippen LogP contribution in [0, 0.1) is 17.1 Å². The van der Waals surface area contributed by atoms with Gasteiger partial charge in [0.25, 0.3) is 0 Å². The number of ether oxygens (including phenoxy) is 1. The summed E-state index contributed by atoms with van der Waals surface area (Å²) in [4.78, 5) is 16.0. The van der Waals surface area contributed by atoms with Crippen molar-refractivity contribution in [2.75, 3.05) is 13.6 Å². The molecule has 0 atom stereocenters. The average molecular weight is 377 g/mol. The Balaban J connectivity index is 2.56. The van der Waals surface area contributed by atoms with Crippen molar-refractivity contribution in [2.24, 2.45) is 4.99 Å². The topological polar surface area (TPSA) is 98.5 Å². The van der Waals surface area contributed by atoms with Gasteiger partial charge >= 0.3 is 6.09 Å². The van der Waals surface area contributed by atoms with Crippen LogP contribution < -0.4 is 16.0 Å². The van der Waals surface area contributed by atoms with E-state index >= 15 is 0 Å². The minimum atomic E-state index is -0.598. The lowest BCUT2D eigenvalue weighted by Gasteiger charge is -2.29. The van der Waals surface area contributed by atoms with E-state index in [1.54, 1.807) is 40.0 Å². The van der Waals surface area contributed by atoms with Crippen LogP contribution in [0.5, 0.6) is 0 Å². The van der Waals surface area contributed by atoms with E-state index in [9.17, 15) is 9.18 Å². The fourth-order valence-corrected chi connectivity index (χ4v) is 2.09. The molecule has 0 unspecified atom stereocenters. The summed E-state index contributed by atoms with van der Waals surface area (Å²) in [5.41, 5.74) is -0.479. The Kier molecular flexibility index (Phi) is 7.58. The Morgan fingerprint density at radius 3 is 2.44 bits per heavy atom. The number of benzene rings is 1. The van der Waals surface area contributed by atoms with Gasteiger partial charge < -0.3 is 20.7 Å². The van der Waals surface area contributed by atoms with Gasteiger partial charge in [0, 0.05) is 25.7 Å². The van der Waals surface area contributed by atoms with Crippen LogP contribution in [-0.2, 0) is 11.3 Å². The van der Waals surface area contributed by atoms with Crippen molar-refractivity contribution >= 4 is 12.1 Å². The molecule has 0 aliphatic carbocycles. The second-order valence-electron chi connectivity index (χ2n) is 7.71. The molecule has 0 fully saturated rings. The van der Waals surface area contributed by atoms with Gasteiger partial charge in [-0.3, -0.25) is 4.99 Å². The summed E-state index contributed by atoms with van der Waals surface area (Å²) in [6, 6.07) is 6.21. The first-order valence-electron chi connectivity index (χ1n) is 8.60. The van der Waals surface area contributed by atoms with Gasteiger partial charge in [-0.05, 0) is 46.8 Å². The van der Waals surface area contributed by atoms with Crippen molar-refractivity contribution < 1.29 is 13.9 Å². The Bertz CT molecular complexity index is 733. The van der Waals surface area contributed by atoms with Gasteiger partial charge in [0.15, 0.2) is 5.96 Å². The number of hydrogen-bond acceptors (Lipinski definition) is 4. The Morgan fingerprint density at radius 2 is 1.93 bits per heavy atom. The van der Waals surface area contributed by atoms with E-state index in [-0.39, 0.29) is 12.1 Å². The largest absolute Gasteiger partial charge is 0.444 e. The number of amides is 1. The number of carbonyl (C=O) groups is 1. The third-order valence-corrected chi connectivity index (χ3v) is 3.39. The molecule has 27 heavy (non-hydrogen) atoms. The van der Waals surface area contributed by atoms with E-state index in [0.717, 1.165) is 0 Å². The quantitative estimate of drug-likeness (QED) is 0.541. The van der Waals surface area contributed by atoms with Gasteiger partial charge in [-0.2, -0.15) is 5.26 Å². The number of alkyl carbamates (subject to hydrolysis) is 1. The highest BCUT2D eigenvalue weighted by molar-refractivity contribution is 5.79. The highest BCUT2D eigenvalue weighted by Gasteiger charge is 2.24. The molecule has 3 N–H and O–H groups in total. The summed E-state index contributed by atoms with van der Waals surface area (Å²) in [5.74, 6) is 0.00162. The number of nitriles is 1. The summed E-state index contributed by atoms with van der Waals surface area (Å²) in [7, 11) is 1.60. The second-order valence-corrected chi connectivity index (χ2v) is 7.71. The number of carbonyl (C=O) groups excluding carboxylic acids is 1. The van der Waals surface area contributed by atoms with Crippen LogP contribution in [0.3, 0.4) is 0 Å². The first kappa shape index (κ1) is 22.2. The number of aliphatic imine (C=N–C) groups is 1. The third kappa shape index (κ3) is 8.40. The lowest BCUT2D eigenvalue weighted by Crippen LogP contribution is -2.54. The molecule has 7 nitrogen and oxygen atoms in total. The van der Waals surface area contributed by atoms with Crippen LogP contribution in [0.2, 0.25) is 0 Å². The highest BCUT2D eigenvalue weighted by Crippen LogP contribution is 2.10. The van der Waals surface area contributed by atoms with Crippen LogP contribution in [0.15, 0.2) is 23.2 Å². The lowest BCUT2D eigenvalue weighted by atomic mass is 10.1. The predicted octanol–water partition coefficient (Wildman–Crippen LogP) is 2.67. The molecule has 0 aromatic heterocycles. The third-order valence-electron chi connectivity index (χ3n) is 3.39. The predicted molar refractivity (Wildman–Crippen MR) is 103 cm³/mol. The van der Waals surface area contributed by atoms with E-state index in [4.69, 9.17) is 10.00 Å². The van der Waals surface area contributed by atoms with Gasteiger partial charge in [-0.15, -0.1) is 0 Å². The standard InChI is InChI=1S/C19H28FN5O2/c1-18(2,3)27-17(26)25-19(4,5)12-24-16(22-6)23-11-14-8-7-13(10-21)9-15(14)20/h7-9H,11-12H2,1-6H3,(H,25,26)(H2,22,23,24). The number of rotatable bonds is 5. The van der Waals surface area contributed by atoms with Crippen molar-refractivity contribution in [3.8, 4) is 6.07 Å². The molecule has 1 aromatic rings. The zero-order chi connectivity index (χ0) is 20.7. The molecule has 0 aliphatic heterocycles. The Labute approximate surface area is 160 Å². The lowest BCUT2D eigenvalue weighted by molar-refractivity contribution is 0.0474. The highest BCUT2D eigenvalue weighted by atomic mass is 19.1. The van der Waals surface area contributed by atoms with Gasteiger partial charge in [0.2, 0.25) is 0 Å². The number of hydrogen-bond donors (Lipinski definition) is 3. The smallest absolute Gasteiger partial charge is 0.408 e. The minimum Gasteiger partial charge on any atom is -0.444 e. The number of halogens is 1. The maximum Gasteiger partial charge on any atom is 0.408 e. The molecule has 1 aromatic carbocycles. The van der Waals surface area contributed by atoms with Crippen molar-refractivity contribution in [1.82, 2.24) is 16.0 Å². The maximum atomic E-state index is 13.9. The van der Waals surface area contributed by atoms with E-state index < -0.39 is 23.1 Å². The Hall–Kier alpha value is -2.82. The fourth-order valence-electron chi connectivity index (χ4n) is 2.09.